The Bertz CT molecular complexity index is 970. The van der Waals surface area contributed by atoms with E-state index in [0.29, 0.717) is 16.7 Å². The number of nitrogens with zero attached hydrogens (tertiary/aromatic N) is 1. The van der Waals surface area contributed by atoms with Crippen LogP contribution >= 0.6 is 23.2 Å². The summed E-state index contributed by atoms with van der Waals surface area (Å²) >= 11 is 11.8. The molecule has 0 saturated heterocycles. The Kier molecular flexibility index (Phi) is 4.12. The minimum Gasteiger partial charge on any atom is -0.457 e. The molecule has 0 aromatic heterocycles. The monoisotopic (exact) mass is 415 g/mol. The van der Waals surface area contributed by atoms with Crippen molar-refractivity contribution < 1.29 is 27.5 Å². The van der Waals surface area contributed by atoms with Crippen LogP contribution < -0.4 is 0 Å². The summed E-state index contributed by atoms with van der Waals surface area (Å²) in [5.74, 6) is -0.459. The molecule has 4 rings (SSSR count). The van der Waals surface area contributed by atoms with Gasteiger partial charge in [0.25, 0.3) is 5.60 Å². The van der Waals surface area contributed by atoms with E-state index in [1.807, 2.05) is 0 Å². The highest BCUT2D eigenvalue weighted by molar-refractivity contribution is 6.34. The maximum Gasteiger partial charge on any atom is 0.435 e. The third kappa shape index (κ3) is 2.95. The number of alkyl halides is 3. The van der Waals surface area contributed by atoms with Crippen molar-refractivity contribution in [3.05, 3.63) is 68.7 Å². The highest BCUT2D eigenvalue weighted by atomic mass is 35.5. The Morgan fingerprint density at radius 1 is 1.07 bits per heavy atom. The molecule has 0 radical (unpaired) electrons. The SMILES string of the molecule is O=C1OCc2cc(C3=NOC(c4cc(Cl)cc(Cl)c4)(C(F)(F)F)C3)ccc21. The van der Waals surface area contributed by atoms with E-state index in [-0.39, 0.29) is 27.9 Å². The van der Waals surface area contributed by atoms with Gasteiger partial charge in [0.2, 0.25) is 0 Å². The van der Waals surface area contributed by atoms with Crippen LogP contribution in [0.15, 0.2) is 41.6 Å². The van der Waals surface area contributed by atoms with Gasteiger partial charge in [-0.3, -0.25) is 0 Å². The van der Waals surface area contributed by atoms with Crippen LogP contribution in [0.1, 0.15) is 33.5 Å². The number of halogens is 5. The quantitative estimate of drug-likeness (QED) is 0.629. The topological polar surface area (TPSA) is 47.9 Å². The molecule has 2 heterocycles. The molecule has 2 aromatic rings. The van der Waals surface area contributed by atoms with Crippen molar-refractivity contribution in [2.45, 2.75) is 24.8 Å². The molecule has 27 heavy (non-hydrogen) atoms. The van der Waals surface area contributed by atoms with Crippen molar-refractivity contribution >= 4 is 34.9 Å². The lowest BCUT2D eigenvalue weighted by Gasteiger charge is -2.29. The minimum atomic E-state index is -4.76. The van der Waals surface area contributed by atoms with Gasteiger partial charge in [-0.25, -0.2) is 4.79 Å². The van der Waals surface area contributed by atoms with Crippen LogP contribution in [-0.4, -0.2) is 17.9 Å². The summed E-state index contributed by atoms with van der Waals surface area (Å²) in [5, 5.41) is 3.81. The second kappa shape index (κ2) is 6.14. The van der Waals surface area contributed by atoms with Gasteiger partial charge < -0.3 is 9.57 Å². The molecule has 2 aliphatic rings. The van der Waals surface area contributed by atoms with Crippen molar-refractivity contribution in [1.82, 2.24) is 0 Å². The summed E-state index contributed by atoms with van der Waals surface area (Å²) in [6, 6.07) is 8.27. The van der Waals surface area contributed by atoms with E-state index in [9.17, 15) is 18.0 Å². The van der Waals surface area contributed by atoms with Crippen LogP contribution in [0, 0.1) is 0 Å². The van der Waals surface area contributed by atoms with E-state index in [2.05, 4.69) is 5.16 Å². The Hall–Kier alpha value is -2.25. The molecule has 0 saturated carbocycles. The van der Waals surface area contributed by atoms with E-state index in [4.69, 9.17) is 32.8 Å². The Labute approximate surface area is 161 Å². The molecule has 2 aromatic carbocycles. The lowest BCUT2D eigenvalue weighted by molar-refractivity contribution is -0.275. The zero-order valence-corrected chi connectivity index (χ0v) is 15.0. The molecule has 9 heteroatoms. The molecule has 140 valence electrons. The molecule has 0 amide bonds. The van der Waals surface area contributed by atoms with E-state index < -0.39 is 24.2 Å². The average Bonchev–Trinajstić information content (AvgIpc) is 3.19. The van der Waals surface area contributed by atoms with Crippen molar-refractivity contribution in [3.63, 3.8) is 0 Å². The van der Waals surface area contributed by atoms with Crippen molar-refractivity contribution in [3.8, 4) is 0 Å². The highest BCUT2D eigenvalue weighted by Gasteiger charge is 2.62. The fourth-order valence-electron chi connectivity index (χ4n) is 3.16. The summed E-state index contributed by atoms with van der Waals surface area (Å²) in [4.78, 5) is 16.5. The number of oxime groups is 1. The van der Waals surface area contributed by atoms with Crippen LogP contribution in [0.2, 0.25) is 10.0 Å². The molecule has 0 N–H and O–H groups in total. The van der Waals surface area contributed by atoms with Crippen LogP contribution in [-0.2, 0) is 21.8 Å². The van der Waals surface area contributed by atoms with E-state index in [1.165, 1.54) is 18.2 Å². The average molecular weight is 416 g/mol. The summed E-state index contributed by atoms with van der Waals surface area (Å²) in [6.07, 6.45) is -5.32. The number of cyclic esters (lactones) is 1. The van der Waals surface area contributed by atoms with Crippen LogP contribution in [0.5, 0.6) is 0 Å². The van der Waals surface area contributed by atoms with Crippen molar-refractivity contribution in [1.29, 1.82) is 0 Å². The van der Waals surface area contributed by atoms with Gasteiger partial charge in [0.05, 0.1) is 11.3 Å². The molecule has 0 fully saturated rings. The number of hydrogen-bond acceptors (Lipinski definition) is 4. The van der Waals surface area contributed by atoms with Crippen LogP contribution in [0.25, 0.3) is 0 Å². The Morgan fingerprint density at radius 3 is 2.44 bits per heavy atom. The van der Waals surface area contributed by atoms with Crippen molar-refractivity contribution in [2.24, 2.45) is 5.16 Å². The number of hydrogen-bond donors (Lipinski definition) is 0. The lowest BCUT2D eigenvalue weighted by Crippen LogP contribution is -2.42. The number of ether oxygens (including phenoxy) is 1. The number of carbonyl (C=O) groups excluding carboxylic acids is 1. The molecule has 4 nitrogen and oxygen atoms in total. The van der Waals surface area contributed by atoms with Gasteiger partial charge in [0.1, 0.15) is 6.61 Å². The molecule has 0 spiro atoms. The molecule has 1 atom stereocenters. The molecule has 0 bridgehead atoms. The summed E-state index contributed by atoms with van der Waals surface area (Å²) in [6.45, 7) is 0.0739. The first-order chi connectivity index (χ1) is 12.7. The second-order valence-corrected chi connectivity index (χ2v) is 7.11. The summed E-state index contributed by atoms with van der Waals surface area (Å²) in [7, 11) is 0. The Morgan fingerprint density at radius 2 is 1.78 bits per heavy atom. The normalized spacial score (nSPS) is 21.5. The number of esters is 1. The fourth-order valence-corrected chi connectivity index (χ4v) is 3.68. The van der Waals surface area contributed by atoms with Crippen LogP contribution in [0.4, 0.5) is 13.2 Å². The van der Waals surface area contributed by atoms with Gasteiger partial charge in [0.15, 0.2) is 0 Å². The van der Waals surface area contributed by atoms with E-state index in [1.54, 1.807) is 6.07 Å². The fraction of sp³-hybridized carbons (Fsp3) is 0.222. The molecule has 1 unspecified atom stereocenters. The second-order valence-electron chi connectivity index (χ2n) is 6.24. The van der Waals surface area contributed by atoms with Gasteiger partial charge in [-0.1, -0.05) is 34.4 Å². The number of fused-ring (bicyclic) bond motifs is 1. The Balaban J connectivity index is 1.73. The maximum atomic E-state index is 14.0. The summed E-state index contributed by atoms with van der Waals surface area (Å²) in [5.41, 5.74) is -1.41. The van der Waals surface area contributed by atoms with Gasteiger partial charge in [-0.2, -0.15) is 13.2 Å². The third-order valence-corrected chi connectivity index (χ3v) is 4.97. The number of carbonyl (C=O) groups is 1. The van der Waals surface area contributed by atoms with Crippen molar-refractivity contribution in [2.75, 3.05) is 0 Å². The summed E-state index contributed by atoms with van der Waals surface area (Å²) < 4.78 is 46.8. The molecule has 2 aliphatic heterocycles. The van der Waals surface area contributed by atoms with Crippen LogP contribution in [0.3, 0.4) is 0 Å². The first kappa shape index (κ1) is 18.1. The third-order valence-electron chi connectivity index (χ3n) is 4.53. The predicted molar refractivity (Wildman–Crippen MR) is 92.0 cm³/mol. The smallest absolute Gasteiger partial charge is 0.435 e. The molecular formula is C18H10Cl2F3NO3. The standard InChI is InChI=1S/C18H10Cl2F3NO3/c19-12-4-11(5-13(20)6-12)17(18(21,22)23)7-15(24-27-17)9-1-2-14-10(3-9)8-26-16(14)25/h1-6H,7-8H2. The maximum absolute atomic E-state index is 14.0. The molecular weight excluding hydrogens is 406 g/mol. The molecule has 0 aliphatic carbocycles. The van der Waals surface area contributed by atoms with Gasteiger partial charge >= 0.3 is 12.1 Å². The van der Waals surface area contributed by atoms with E-state index in [0.717, 1.165) is 12.1 Å². The van der Waals surface area contributed by atoms with Gasteiger partial charge in [-0.15, -0.1) is 0 Å². The predicted octanol–water partition coefficient (Wildman–Crippen LogP) is 5.25. The zero-order chi connectivity index (χ0) is 19.4. The first-order valence-electron chi connectivity index (χ1n) is 7.78. The first-order valence-corrected chi connectivity index (χ1v) is 8.54. The largest absolute Gasteiger partial charge is 0.457 e. The number of rotatable bonds is 2. The highest BCUT2D eigenvalue weighted by Crippen LogP contribution is 2.49. The van der Waals surface area contributed by atoms with E-state index >= 15 is 0 Å². The van der Waals surface area contributed by atoms with Gasteiger partial charge in [0, 0.05) is 27.6 Å². The van der Waals surface area contributed by atoms with Gasteiger partial charge in [-0.05, 0) is 35.9 Å². The zero-order valence-electron chi connectivity index (χ0n) is 13.4. The lowest BCUT2D eigenvalue weighted by atomic mass is 9.86. The minimum absolute atomic E-state index is 0.0615. The number of benzene rings is 2.